The summed E-state index contributed by atoms with van der Waals surface area (Å²) >= 11 is 0. The fraction of sp³-hybridized carbons (Fsp3) is 0.562. The molecule has 2 atom stereocenters. The maximum atomic E-state index is 12.5. The Labute approximate surface area is 120 Å². The van der Waals surface area contributed by atoms with E-state index in [9.17, 15) is 9.90 Å². The zero-order chi connectivity index (χ0) is 14.5. The number of carbonyl (C=O) groups excluding carboxylic acids is 1. The highest BCUT2D eigenvalue weighted by atomic mass is 16.3. The lowest BCUT2D eigenvalue weighted by Gasteiger charge is -2.38. The third kappa shape index (κ3) is 3.31. The molecule has 0 spiro atoms. The molecule has 0 saturated carbocycles. The van der Waals surface area contributed by atoms with Gasteiger partial charge in [-0.05, 0) is 43.1 Å². The highest BCUT2D eigenvalue weighted by Gasteiger charge is 2.30. The number of hydrogen-bond acceptors (Lipinski definition) is 3. The number of phenols is 1. The average molecular weight is 276 g/mol. The Bertz CT molecular complexity index is 444. The van der Waals surface area contributed by atoms with Crippen molar-refractivity contribution in [2.45, 2.75) is 32.7 Å². The predicted molar refractivity (Wildman–Crippen MR) is 79.9 cm³/mol. The van der Waals surface area contributed by atoms with Crippen LogP contribution in [0.3, 0.4) is 0 Å². The first-order valence-electron chi connectivity index (χ1n) is 7.47. The first-order chi connectivity index (χ1) is 9.65. The summed E-state index contributed by atoms with van der Waals surface area (Å²) in [6.45, 7) is 6.90. The minimum atomic E-state index is 0.0680. The Balaban J connectivity index is 2.03. The van der Waals surface area contributed by atoms with Crippen molar-refractivity contribution in [2.75, 3.05) is 19.6 Å². The Morgan fingerprint density at radius 2 is 2.05 bits per heavy atom. The normalized spacial score (nSPS) is 22.8. The molecule has 1 aromatic rings. The zero-order valence-electron chi connectivity index (χ0n) is 12.3. The van der Waals surface area contributed by atoms with Crippen LogP contribution in [-0.4, -0.2) is 41.6 Å². The van der Waals surface area contributed by atoms with E-state index in [4.69, 9.17) is 0 Å². The molecule has 2 N–H and O–H groups in total. The third-order valence-corrected chi connectivity index (χ3v) is 4.13. The van der Waals surface area contributed by atoms with E-state index < -0.39 is 0 Å². The van der Waals surface area contributed by atoms with Crippen LogP contribution in [0.15, 0.2) is 24.3 Å². The smallest absolute Gasteiger partial charge is 0.253 e. The second-order valence-corrected chi connectivity index (χ2v) is 5.42. The molecule has 4 heteroatoms. The number of phenolic OH excluding ortho intramolecular Hbond substituents is 1. The molecule has 110 valence electrons. The third-order valence-electron chi connectivity index (χ3n) is 4.13. The Morgan fingerprint density at radius 1 is 1.35 bits per heavy atom. The van der Waals surface area contributed by atoms with E-state index in [0.29, 0.717) is 17.5 Å². The van der Waals surface area contributed by atoms with E-state index in [1.165, 1.54) is 0 Å². The van der Waals surface area contributed by atoms with Gasteiger partial charge in [-0.3, -0.25) is 4.79 Å². The van der Waals surface area contributed by atoms with Gasteiger partial charge in [-0.2, -0.15) is 0 Å². The molecule has 2 unspecified atom stereocenters. The molecule has 0 bridgehead atoms. The van der Waals surface area contributed by atoms with Crippen LogP contribution in [0.25, 0.3) is 0 Å². The molecule has 0 radical (unpaired) electrons. The van der Waals surface area contributed by atoms with Crippen LogP contribution >= 0.6 is 0 Å². The zero-order valence-corrected chi connectivity index (χ0v) is 12.3. The molecule has 1 aromatic carbocycles. The van der Waals surface area contributed by atoms with Gasteiger partial charge in [0.15, 0.2) is 0 Å². The largest absolute Gasteiger partial charge is 0.508 e. The van der Waals surface area contributed by atoms with Crippen LogP contribution < -0.4 is 5.32 Å². The summed E-state index contributed by atoms with van der Waals surface area (Å²) in [5.74, 6) is 0.780. The maximum Gasteiger partial charge on any atom is 0.253 e. The summed E-state index contributed by atoms with van der Waals surface area (Å²) in [5, 5.41) is 12.8. The average Bonchev–Trinajstić information content (AvgIpc) is 2.48. The minimum absolute atomic E-state index is 0.0680. The summed E-state index contributed by atoms with van der Waals surface area (Å²) in [7, 11) is 0. The van der Waals surface area contributed by atoms with E-state index in [2.05, 4.69) is 19.2 Å². The molecule has 2 rings (SSSR count). The second kappa shape index (κ2) is 6.75. The number of amides is 1. The van der Waals surface area contributed by atoms with Gasteiger partial charge in [0.2, 0.25) is 0 Å². The molecular formula is C16H24N2O2. The lowest BCUT2D eigenvalue weighted by Crippen LogP contribution is -2.50. The lowest BCUT2D eigenvalue weighted by atomic mass is 9.89. The Hall–Kier alpha value is -1.55. The summed E-state index contributed by atoms with van der Waals surface area (Å²) in [6, 6.07) is 7.03. The van der Waals surface area contributed by atoms with Gasteiger partial charge in [0.1, 0.15) is 5.75 Å². The topological polar surface area (TPSA) is 52.6 Å². The highest BCUT2D eigenvalue weighted by Crippen LogP contribution is 2.22. The standard InChI is InChI=1S/C16H24N2O2/c1-3-12-11-18(10-9-15(12)17-4-2)16(20)13-5-7-14(19)8-6-13/h5-8,12,15,17,19H,3-4,9-11H2,1-2H3. The van der Waals surface area contributed by atoms with Crippen LogP contribution in [-0.2, 0) is 0 Å². The number of hydrogen-bond donors (Lipinski definition) is 2. The monoisotopic (exact) mass is 276 g/mol. The van der Waals surface area contributed by atoms with Gasteiger partial charge >= 0.3 is 0 Å². The van der Waals surface area contributed by atoms with Crippen molar-refractivity contribution in [1.82, 2.24) is 10.2 Å². The molecular weight excluding hydrogens is 252 g/mol. The number of carbonyl (C=O) groups is 1. The van der Waals surface area contributed by atoms with Crippen LogP contribution in [0.2, 0.25) is 0 Å². The number of benzene rings is 1. The molecule has 0 aliphatic carbocycles. The number of nitrogens with one attached hydrogen (secondary N) is 1. The number of piperidine rings is 1. The molecule has 1 amide bonds. The first kappa shape index (κ1) is 14.9. The maximum absolute atomic E-state index is 12.5. The van der Waals surface area contributed by atoms with Crippen LogP contribution in [0.1, 0.15) is 37.0 Å². The molecule has 20 heavy (non-hydrogen) atoms. The summed E-state index contributed by atoms with van der Waals surface area (Å²) in [5.41, 5.74) is 0.652. The van der Waals surface area contributed by atoms with Gasteiger partial charge in [-0.1, -0.05) is 20.3 Å². The molecule has 1 aliphatic heterocycles. The molecule has 1 aliphatic rings. The van der Waals surface area contributed by atoms with E-state index in [1.807, 2.05) is 4.90 Å². The first-order valence-corrected chi connectivity index (χ1v) is 7.47. The van der Waals surface area contributed by atoms with Gasteiger partial charge in [0.25, 0.3) is 5.91 Å². The van der Waals surface area contributed by atoms with Crippen molar-refractivity contribution in [1.29, 1.82) is 0 Å². The SMILES string of the molecule is CCNC1CCN(C(=O)c2ccc(O)cc2)CC1CC. The van der Waals surface area contributed by atoms with Crippen molar-refractivity contribution in [3.05, 3.63) is 29.8 Å². The Kier molecular flexibility index (Phi) is 5.01. The van der Waals surface area contributed by atoms with Crippen LogP contribution in [0.5, 0.6) is 5.75 Å². The molecule has 0 aromatic heterocycles. The van der Waals surface area contributed by atoms with Gasteiger partial charge in [-0.25, -0.2) is 0 Å². The fourth-order valence-electron chi connectivity index (χ4n) is 2.95. The van der Waals surface area contributed by atoms with E-state index >= 15 is 0 Å². The summed E-state index contributed by atoms with van der Waals surface area (Å²) < 4.78 is 0. The number of likely N-dealkylation sites (tertiary alicyclic amines) is 1. The summed E-state index contributed by atoms with van der Waals surface area (Å²) in [4.78, 5) is 14.4. The number of nitrogens with zero attached hydrogens (tertiary/aromatic N) is 1. The van der Waals surface area contributed by atoms with Crippen molar-refractivity contribution in [3.8, 4) is 5.75 Å². The second-order valence-electron chi connectivity index (χ2n) is 5.42. The van der Waals surface area contributed by atoms with Crippen molar-refractivity contribution in [3.63, 3.8) is 0 Å². The number of rotatable bonds is 4. The van der Waals surface area contributed by atoms with Gasteiger partial charge in [0.05, 0.1) is 0 Å². The van der Waals surface area contributed by atoms with Crippen molar-refractivity contribution >= 4 is 5.91 Å². The van der Waals surface area contributed by atoms with Crippen LogP contribution in [0, 0.1) is 5.92 Å². The predicted octanol–water partition coefficient (Wildman–Crippen LogP) is 2.24. The van der Waals surface area contributed by atoms with Crippen LogP contribution in [0.4, 0.5) is 0 Å². The fourth-order valence-corrected chi connectivity index (χ4v) is 2.95. The van der Waals surface area contributed by atoms with Crippen molar-refractivity contribution < 1.29 is 9.90 Å². The van der Waals surface area contributed by atoms with Gasteiger partial charge in [0, 0.05) is 24.7 Å². The van der Waals surface area contributed by atoms with Gasteiger partial charge < -0.3 is 15.3 Å². The van der Waals surface area contributed by atoms with E-state index in [0.717, 1.165) is 32.5 Å². The van der Waals surface area contributed by atoms with E-state index in [1.54, 1.807) is 24.3 Å². The van der Waals surface area contributed by atoms with Gasteiger partial charge in [-0.15, -0.1) is 0 Å². The molecule has 1 heterocycles. The lowest BCUT2D eigenvalue weighted by molar-refractivity contribution is 0.0628. The van der Waals surface area contributed by atoms with E-state index in [-0.39, 0.29) is 11.7 Å². The minimum Gasteiger partial charge on any atom is -0.508 e. The Morgan fingerprint density at radius 3 is 2.65 bits per heavy atom. The highest BCUT2D eigenvalue weighted by molar-refractivity contribution is 5.94. The molecule has 1 saturated heterocycles. The number of aromatic hydroxyl groups is 1. The molecule has 4 nitrogen and oxygen atoms in total. The van der Waals surface area contributed by atoms with Crippen molar-refractivity contribution in [2.24, 2.45) is 5.92 Å². The summed E-state index contributed by atoms with van der Waals surface area (Å²) in [6.07, 6.45) is 2.09. The molecule has 1 fully saturated rings. The quantitative estimate of drug-likeness (QED) is 0.887.